The highest BCUT2D eigenvalue weighted by atomic mass is 32.2. The smallest absolute Gasteiger partial charge is 0.253 e. The number of rotatable bonds is 7. The SMILES string of the molecule is Cc1cccc(-n2c(Cc3ccccc3)nnc2SCc2cccc(C(=O)N3CCCC3)c2)c1. The van der Waals surface area contributed by atoms with Gasteiger partial charge >= 0.3 is 0 Å². The van der Waals surface area contributed by atoms with Crippen LogP contribution in [0.15, 0.2) is 84.0 Å². The van der Waals surface area contributed by atoms with E-state index in [9.17, 15) is 4.79 Å². The van der Waals surface area contributed by atoms with Crippen molar-refractivity contribution in [1.82, 2.24) is 19.7 Å². The van der Waals surface area contributed by atoms with Gasteiger partial charge in [0, 0.05) is 36.5 Å². The molecule has 34 heavy (non-hydrogen) atoms. The summed E-state index contributed by atoms with van der Waals surface area (Å²) in [6, 6.07) is 26.8. The third-order valence-electron chi connectivity index (χ3n) is 6.10. The molecule has 4 aromatic rings. The zero-order valence-corrected chi connectivity index (χ0v) is 20.2. The number of nitrogens with zero attached hydrogens (tertiary/aromatic N) is 4. The average molecular weight is 469 g/mol. The Labute approximate surface area is 204 Å². The summed E-state index contributed by atoms with van der Waals surface area (Å²) >= 11 is 1.65. The Morgan fingerprint density at radius 3 is 2.44 bits per heavy atom. The summed E-state index contributed by atoms with van der Waals surface area (Å²) in [5.41, 5.74) is 5.34. The molecule has 0 bridgehead atoms. The Hall–Kier alpha value is -3.38. The molecule has 1 aromatic heterocycles. The van der Waals surface area contributed by atoms with E-state index in [0.717, 1.165) is 59.5 Å². The summed E-state index contributed by atoms with van der Waals surface area (Å²) in [5, 5.41) is 9.97. The Bertz CT molecular complexity index is 1280. The van der Waals surface area contributed by atoms with Gasteiger partial charge in [-0.3, -0.25) is 9.36 Å². The first kappa shape index (κ1) is 22.4. The van der Waals surface area contributed by atoms with Crippen molar-refractivity contribution in [2.75, 3.05) is 13.1 Å². The molecule has 0 N–H and O–H groups in total. The van der Waals surface area contributed by atoms with Crippen LogP contribution in [-0.2, 0) is 12.2 Å². The molecule has 1 amide bonds. The van der Waals surface area contributed by atoms with Crippen molar-refractivity contribution in [3.63, 3.8) is 0 Å². The number of carbonyl (C=O) groups excluding carboxylic acids is 1. The van der Waals surface area contributed by atoms with Gasteiger partial charge in [-0.15, -0.1) is 10.2 Å². The molecule has 5 nitrogen and oxygen atoms in total. The van der Waals surface area contributed by atoms with Crippen LogP contribution in [0.1, 0.15) is 45.7 Å². The first-order valence-electron chi connectivity index (χ1n) is 11.7. The van der Waals surface area contributed by atoms with Crippen molar-refractivity contribution in [2.45, 2.75) is 37.1 Å². The van der Waals surface area contributed by atoms with Crippen LogP contribution in [0.5, 0.6) is 0 Å². The predicted octanol–water partition coefficient (Wildman–Crippen LogP) is 5.69. The molecule has 2 heterocycles. The maximum atomic E-state index is 12.8. The van der Waals surface area contributed by atoms with Gasteiger partial charge in [0.05, 0.1) is 0 Å². The van der Waals surface area contributed by atoms with Gasteiger partial charge in [0.2, 0.25) is 0 Å². The molecular formula is C28H28N4OS. The lowest BCUT2D eigenvalue weighted by atomic mass is 10.1. The third-order valence-corrected chi connectivity index (χ3v) is 7.10. The first-order chi connectivity index (χ1) is 16.7. The van der Waals surface area contributed by atoms with Gasteiger partial charge in [0.25, 0.3) is 5.91 Å². The van der Waals surface area contributed by atoms with Crippen LogP contribution in [0.2, 0.25) is 0 Å². The molecule has 1 fully saturated rings. The van der Waals surface area contributed by atoms with Gasteiger partial charge < -0.3 is 4.90 Å². The normalized spacial score (nSPS) is 13.4. The van der Waals surface area contributed by atoms with E-state index in [4.69, 9.17) is 0 Å². The molecule has 3 aromatic carbocycles. The molecule has 0 unspecified atom stereocenters. The van der Waals surface area contributed by atoms with Crippen molar-refractivity contribution >= 4 is 17.7 Å². The van der Waals surface area contributed by atoms with Gasteiger partial charge in [-0.05, 0) is 60.7 Å². The van der Waals surface area contributed by atoms with E-state index in [0.29, 0.717) is 6.42 Å². The van der Waals surface area contributed by atoms with E-state index in [1.807, 2.05) is 29.2 Å². The summed E-state index contributed by atoms with van der Waals surface area (Å²) < 4.78 is 2.16. The van der Waals surface area contributed by atoms with Crippen molar-refractivity contribution in [1.29, 1.82) is 0 Å². The first-order valence-corrected chi connectivity index (χ1v) is 12.7. The molecule has 172 valence electrons. The Morgan fingerprint density at radius 1 is 0.882 bits per heavy atom. The monoisotopic (exact) mass is 468 g/mol. The molecule has 0 atom stereocenters. The standard InChI is InChI=1S/C28H28N4OS/c1-21-9-7-14-25(17-21)32-26(19-22-10-3-2-4-11-22)29-30-28(32)34-20-23-12-8-13-24(18-23)27(33)31-15-5-6-16-31/h2-4,7-14,17-18H,5-6,15-16,19-20H2,1H3. The lowest BCUT2D eigenvalue weighted by Gasteiger charge is -2.15. The second-order valence-corrected chi connectivity index (χ2v) is 9.67. The van der Waals surface area contributed by atoms with Crippen LogP contribution in [0.3, 0.4) is 0 Å². The van der Waals surface area contributed by atoms with Gasteiger partial charge in [-0.25, -0.2) is 0 Å². The van der Waals surface area contributed by atoms with Gasteiger partial charge in [-0.1, -0.05) is 66.4 Å². The quantitative estimate of drug-likeness (QED) is 0.327. The van der Waals surface area contributed by atoms with E-state index in [1.165, 1.54) is 11.1 Å². The number of amides is 1. The fourth-order valence-corrected chi connectivity index (χ4v) is 5.27. The van der Waals surface area contributed by atoms with Gasteiger partial charge in [-0.2, -0.15) is 0 Å². The van der Waals surface area contributed by atoms with Crippen molar-refractivity contribution in [3.05, 3.63) is 107 Å². The van der Waals surface area contributed by atoms with E-state index < -0.39 is 0 Å². The van der Waals surface area contributed by atoms with Crippen LogP contribution in [-0.4, -0.2) is 38.7 Å². The number of hydrogen-bond donors (Lipinski definition) is 0. The van der Waals surface area contributed by atoms with Crippen molar-refractivity contribution in [2.24, 2.45) is 0 Å². The summed E-state index contributed by atoms with van der Waals surface area (Å²) in [5.74, 6) is 1.77. The second-order valence-electron chi connectivity index (χ2n) is 8.72. The maximum absolute atomic E-state index is 12.8. The highest BCUT2D eigenvalue weighted by Crippen LogP contribution is 2.27. The molecule has 6 heteroatoms. The van der Waals surface area contributed by atoms with Gasteiger partial charge in [0.1, 0.15) is 5.82 Å². The highest BCUT2D eigenvalue weighted by Gasteiger charge is 2.20. The minimum atomic E-state index is 0.137. The molecule has 1 aliphatic rings. The van der Waals surface area contributed by atoms with Crippen LogP contribution in [0.25, 0.3) is 5.69 Å². The fourth-order valence-electron chi connectivity index (χ4n) is 4.36. The number of likely N-dealkylation sites (tertiary alicyclic amines) is 1. The molecule has 0 aliphatic carbocycles. The summed E-state index contributed by atoms with van der Waals surface area (Å²) in [6.45, 7) is 3.82. The van der Waals surface area contributed by atoms with Crippen molar-refractivity contribution < 1.29 is 4.79 Å². The molecule has 1 saturated heterocycles. The largest absolute Gasteiger partial charge is 0.339 e. The lowest BCUT2D eigenvalue weighted by Crippen LogP contribution is -2.27. The zero-order valence-electron chi connectivity index (χ0n) is 19.4. The fraction of sp³-hybridized carbons (Fsp3) is 0.250. The molecule has 1 aliphatic heterocycles. The molecule has 0 saturated carbocycles. The average Bonchev–Trinajstić information content (AvgIpc) is 3.54. The Morgan fingerprint density at radius 2 is 1.65 bits per heavy atom. The van der Waals surface area contributed by atoms with Crippen LogP contribution >= 0.6 is 11.8 Å². The number of aryl methyl sites for hydroxylation is 1. The number of benzene rings is 3. The number of aromatic nitrogens is 3. The number of carbonyl (C=O) groups is 1. The van der Waals surface area contributed by atoms with E-state index in [-0.39, 0.29) is 5.91 Å². The zero-order chi connectivity index (χ0) is 23.3. The maximum Gasteiger partial charge on any atom is 0.253 e. The second kappa shape index (κ2) is 10.3. The van der Waals surface area contributed by atoms with Crippen molar-refractivity contribution in [3.8, 4) is 5.69 Å². The molecule has 0 radical (unpaired) electrons. The Balaban J connectivity index is 1.39. The highest BCUT2D eigenvalue weighted by molar-refractivity contribution is 7.98. The Kier molecular flexibility index (Phi) is 6.77. The lowest BCUT2D eigenvalue weighted by molar-refractivity contribution is 0.0792. The molecular weight excluding hydrogens is 440 g/mol. The topological polar surface area (TPSA) is 51.0 Å². The summed E-state index contributed by atoms with van der Waals surface area (Å²) in [7, 11) is 0. The third kappa shape index (κ3) is 5.07. The van der Waals surface area contributed by atoms with Crippen LogP contribution in [0, 0.1) is 6.92 Å². The van der Waals surface area contributed by atoms with Gasteiger partial charge in [0.15, 0.2) is 5.16 Å². The van der Waals surface area contributed by atoms with E-state index >= 15 is 0 Å². The predicted molar refractivity (Wildman–Crippen MR) is 136 cm³/mol. The summed E-state index contributed by atoms with van der Waals surface area (Å²) in [4.78, 5) is 14.8. The van der Waals surface area contributed by atoms with Crippen LogP contribution in [0.4, 0.5) is 0 Å². The van der Waals surface area contributed by atoms with Crippen LogP contribution < -0.4 is 0 Å². The number of hydrogen-bond acceptors (Lipinski definition) is 4. The van der Waals surface area contributed by atoms with E-state index in [2.05, 4.69) is 76.3 Å². The number of thioether (sulfide) groups is 1. The minimum Gasteiger partial charge on any atom is -0.339 e. The minimum absolute atomic E-state index is 0.137. The molecule has 0 spiro atoms. The molecule has 5 rings (SSSR count). The van der Waals surface area contributed by atoms with E-state index in [1.54, 1.807) is 11.8 Å². The summed E-state index contributed by atoms with van der Waals surface area (Å²) in [6.07, 6.45) is 2.91.